The first-order chi connectivity index (χ1) is 27.0. The molecule has 3 saturated heterocycles. The molecule has 0 aromatic carbocycles. The van der Waals surface area contributed by atoms with E-state index in [2.05, 4.69) is 24.9 Å². The average molecular weight is 846 g/mol. The summed E-state index contributed by atoms with van der Waals surface area (Å²) >= 11 is 0. The van der Waals surface area contributed by atoms with Crippen LogP contribution >= 0.6 is 15.6 Å². The summed E-state index contributed by atoms with van der Waals surface area (Å²) in [6.07, 6.45) is -7.69. The van der Waals surface area contributed by atoms with Gasteiger partial charge in [0.15, 0.2) is 11.2 Å². The SMILES string of the molecule is Nc1ccn([C@H]2C[C@H](OP(=O)(O)OC[C@H]3O[C@@H](n4cnc5c(=O)[nH]c(N)nc54)C[C@@H]3OP(=O)(O)OC[C@H]3O[C@@H](n4ccc(N)nc4=O)C[C@@H]3O)[C@@H](CO)O2)c(=O)n1. The number of hydrogen-bond donors (Lipinski definition) is 8. The molecule has 3 aliphatic heterocycles. The largest absolute Gasteiger partial charge is 0.472 e. The predicted octanol–water partition coefficient (Wildman–Crippen LogP) is -2.40. The number of phosphoric acid groups is 2. The minimum atomic E-state index is -5.06. The Bertz CT molecular complexity index is 2390. The lowest BCUT2D eigenvalue weighted by Crippen LogP contribution is -2.31. The summed E-state index contributed by atoms with van der Waals surface area (Å²) in [6.45, 7) is -2.17. The van der Waals surface area contributed by atoms with Gasteiger partial charge in [0.25, 0.3) is 5.56 Å². The number of hydrogen-bond acceptors (Lipinski definition) is 21. The Kier molecular flexibility index (Phi) is 11.5. The highest BCUT2D eigenvalue weighted by atomic mass is 31.2. The molecule has 0 amide bonds. The van der Waals surface area contributed by atoms with Gasteiger partial charge in [0.2, 0.25) is 5.95 Å². The maximum absolute atomic E-state index is 13.3. The first-order valence-corrected chi connectivity index (χ1v) is 20.0. The van der Waals surface area contributed by atoms with Crippen molar-refractivity contribution >= 4 is 44.4 Å². The maximum atomic E-state index is 13.3. The lowest BCUT2D eigenvalue weighted by Gasteiger charge is -2.24. The highest BCUT2D eigenvalue weighted by molar-refractivity contribution is 7.47. The lowest BCUT2D eigenvalue weighted by atomic mass is 10.2. The monoisotopic (exact) mass is 845 g/mol. The van der Waals surface area contributed by atoms with E-state index in [-0.39, 0.29) is 48.0 Å². The van der Waals surface area contributed by atoms with Crippen LogP contribution in [0, 0.1) is 0 Å². The highest BCUT2D eigenvalue weighted by Gasteiger charge is 2.46. The van der Waals surface area contributed by atoms with Crippen molar-refractivity contribution in [1.82, 2.24) is 38.6 Å². The molecule has 0 spiro atoms. The zero-order chi connectivity index (χ0) is 40.8. The maximum Gasteiger partial charge on any atom is 0.472 e. The van der Waals surface area contributed by atoms with E-state index >= 15 is 0 Å². The molecule has 4 aromatic rings. The number of anilines is 3. The number of aliphatic hydroxyl groups excluding tert-OH is 2. The fourth-order valence-electron chi connectivity index (χ4n) is 6.50. The third kappa shape index (κ3) is 9.00. The normalized spacial score (nSPS) is 29.8. The van der Waals surface area contributed by atoms with E-state index < -0.39 is 108 Å². The van der Waals surface area contributed by atoms with Gasteiger partial charge in [-0.05, 0) is 12.1 Å². The van der Waals surface area contributed by atoms with Crippen molar-refractivity contribution in [3.8, 4) is 0 Å². The predicted molar refractivity (Wildman–Crippen MR) is 188 cm³/mol. The van der Waals surface area contributed by atoms with E-state index in [4.69, 9.17) is 49.5 Å². The fraction of sp³-hybridized carbons (Fsp3) is 0.536. The van der Waals surface area contributed by atoms with E-state index in [1.54, 1.807) is 0 Å². The number of phosphoric ester groups is 2. The minimum absolute atomic E-state index is 0.0280. The molecule has 4 aromatic heterocycles. The second-order valence-corrected chi connectivity index (χ2v) is 15.8. The Labute approximate surface area is 318 Å². The molecular weight excluding hydrogens is 808 g/mol. The first kappa shape index (κ1) is 40.7. The van der Waals surface area contributed by atoms with E-state index in [1.165, 1.54) is 35.4 Å². The molecule has 0 radical (unpaired) electrons. The number of nitrogen functional groups attached to an aromatic ring is 3. The van der Waals surface area contributed by atoms with E-state index in [0.29, 0.717) is 0 Å². The van der Waals surface area contributed by atoms with Gasteiger partial charge in [-0.25, -0.2) is 23.7 Å². The average Bonchev–Trinajstić information content (AvgIpc) is 3.91. The summed E-state index contributed by atoms with van der Waals surface area (Å²) in [5, 5.41) is 20.4. The standard InChI is InChI=1S/C28H37N11O16P2/c29-18-1-3-37(27(43)33-18)20-5-12(41)16(52-20)9-49-56(45,46)55-14-7-22(39-11-32-23-24(39)35-26(31)36-25(23)42)53-17(14)10-50-57(47,48)54-13-6-21(51-15(13)8-40)38-4-2-19(30)34-28(38)44/h1-4,11-17,20-22,40-41H,5-10H2,(H,45,46)(H,47,48)(H2,29,33,43)(H2,30,34,44)(H3,31,35,36,42)/t12-,13-,14-,15+,16+,17+,20+,21+,22+/m0/s1. The zero-order valence-corrected chi connectivity index (χ0v) is 31.1. The van der Waals surface area contributed by atoms with Gasteiger partial charge in [0, 0.05) is 31.7 Å². The van der Waals surface area contributed by atoms with Crippen molar-refractivity contribution in [3.63, 3.8) is 0 Å². The summed E-state index contributed by atoms with van der Waals surface area (Å²) < 4.78 is 68.5. The van der Waals surface area contributed by atoms with Gasteiger partial charge in [-0.2, -0.15) is 15.0 Å². The van der Waals surface area contributed by atoms with Gasteiger partial charge in [-0.15, -0.1) is 0 Å². The Morgan fingerprint density at radius 1 is 0.772 bits per heavy atom. The number of fused-ring (bicyclic) bond motifs is 1. The van der Waals surface area contributed by atoms with Crippen molar-refractivity contribution in [2.24, 2.45) is 0 Å². The van der Waals surface area contributed by atoms with Crippen molar-refractivity contribution < 1.29 is 61.4 Å². The smallest absolute Gasteiger partial charge is 0.394 e. The number of nitrogens with zero attached hydrogens (tertiary/aromatic N) is 7. The molecular formula is C28H37N11O16P2. The second-order valence-electron chi connectivity index (χ2n) is 13.0. The Hall–Kier alpha value is -4.47. The summed E-state index contributed by atoms with van der Waals surface area (Å²) in [7, 11) is -10.1. The zero-order valence-electron chi connectivity index (χ0n) is 29.3. The van der Waals surface area contributed by atoms with Crippen LogP contribution in [0.4, 0.5) is 17.6 Å². The van der Waals surface area contributed by atoms with Crippen LogP contribution < -0.4 is 34.1 Å². The van der Waals surface area contributed by atoms with Crippen molar-refractivity contribution in [2.75, 3.05) is 37.0 Å². The fourth-order valence-corrected chi connectivity index (χ4v) is 8.42. The van der Waals surface area contributed by atoms with Crippen LogP contribution in [0.1, 0.15) is 37.9 Å². The molecule has 3 aliphatic rings. The summed E-state index contributed by atoms with van der Waals surface area (Å²) in [4.78, 5) is 76.2. The number of ether oxygens (including phenoxy) is 3. The molecule has 2 unspecified atom stereocenters. The number of H-pyrrole nitrogens is 1. The van der Waals surface area contributed by atoms with Crippen LogP contribution in [0.25, 0.3) is 11.2 Å². The lowest BCUT2D eigenvalue weighted by molar-refractivity contribution is -0.0609. The summed E-state index contributed by atoms with van der Waals surface area (Å²) in [6, 6.07) is 2.68. The molecule has 11 atom stereocenters. The van der Waals surface area contributed by atoms with Crippen LogP contribution in [-0.4, -0.2) is 115 Å². The van der Waals surface area contributed by atoms with Crippen molar-refractivity contribution in [3.05, 3.63) is 62.2 Å². The molecule has 29 heteroatoms. The molecule has 3 fully saturated rings. The Morgan fingerprint density at radius 2 is 1.28 bits per heavy atom. The van der Waals surface area contributed by atoms with E-state index in [9.17, 15) is 43.5 Å². The van der Waals surface area contributed by atoms with Crippen molar-refractivity contribution in [2.45, 2.75) is 74.6 Å². The Morgan fingerprint density at radius 3 is 1.86 bits per heavy atom. The van der Waals surface area contributed by atoms with Crippen LogP contribution in [0.15, 0.2) is 45.2 Å². The summed E-state index contributed by atoms with van der Waals surface area (Å²) in [5.41, 5.74) is 14.5. The number of aliphatic hydroxyl groups is 2. The van der Waals surface area contributed by atoms with Crippen LogP contribution in [0.5, 0.6) is 0 Å². The molecule has 7 heterocycles. The quantitative estimate of drug-likeness (QED) is 0.0613. The molecule has 7 rings (SSSR count). The highest BCUT2D eigenvalue weighted by Crippen LogP contribution is 2.52. The topological polar surface area (TPSA) is 391 Å². The van der Waals surface area contributed by atoms with Crippen LogP contribution in [0.3, 0.4) is 0 Å². The van der Waals surface area contributed by atoms with Gasteiger partial charge in [-0.3, -0.25) is 41.6 Å². The number of nitrogens with two attached hydrogens (primary N) is 3. The number of aromatic amines is 1. The molecule has 27 nitrogen and oxygen atoms in total. The number of imidazole rings is 1. The van der Waals surface area contributed by atoms with Gasteiger partial charge in [0.05, 0.1) is 32.3 Å². The third-order valence-electron chi connectivity index (χ3n) is 9.17. The molecule has 11 N–H and O–H groups in total. The van der Waals surface area contributed by atoms with Gasteiger partial charge < -0.3 is 51.4 Å². The molecule has 57 heavy (non-hydrogen) atoms. The number of aromatic nitrogens is 8. The molecule has 0 aliphatic carbocycles. The second kappa shape index (κ2) is 16.1. The van der Waals surface area contributed by atoms with Gasteiger partial charge in [-0.1, -0.05) is 0 Å². The molecule has 0 bridgehead atoms. The third-order valence-corrected chi connectivity index (χ3v) is 11.2. The van der Waals surface area contributed by atoms with Gasteiger partial charge >= 0.3 is 27.0 Å². The van der Waals surface area contributed by atoms with Crippen LogP contribution in [-0.2, 0) is 41.4 Å². The molecule has 310 valence electrons. The summed E-state index contributed by atoms with van der Waals surface area (Å²) in [5.74, 6) is -0.326. The first-order valence-electron chi connectivity index (χ1n) is 17.0. The van der Waals surface area contributed by atoms with Crippen LogP contribution in [0.2, 0.25) is 0 Å². The number of rotatable bonds is 14. The van der Waals surface area contributed by atoms with Gasteiger partial charge in [0.1, 0.15) is 60.8 Å². The minimum Gasteiger partial charge on any atom is -0.394 e. The number of nitrogens with one attached hydrogen (secondary N) is 1. The van der Waals surface area contributed by atoms with Crippen molar-refractivity contribution in [1.29, 1.82) is 0 Å². The molecule has 0 saturated carbocycles. The van der Waals surface area contributed by atoms with E-state index in [0.717, 1.165) is 9.13 Å². The Balaban J connectivity index is 1.04. The van der Waals surface area contributed by atoms with E-state index in [1.807, 2.05) is 0 Å².